The van der Waals surface area contributed by atoms with Crippen LogP contribution in [0.1, 0.15) is 36.8 Å². The Bertz CT molecular complexity index is 868. The summed E-state index contributed by atoms with van der Waals surface area (Å²) in [5, 5.41) is 6.52. The summed E-state index contributed by atoms with van der Waals surface area (Å²) >= 11 is 0. The van der Waals surface area contributed by atoms with E-state index in [1.807, 2.05) is 19.1 Å². The molecule has 0 saturated carbocycles. The number of guanidine groups is 1. The molecule has 2 aromatic rings. The average Bonchev–Trinajstić information content (AvgIpc) is 3.10. The van der Waals surface area contributed by atoms with Crippen molar-refractivity contribution in [1.82, 2.24) is 14.9 Å². The van der Waals surface area contributed by atoms with Gasteiger partial charge in [-0.15, -0.1) is 24.0 Å². The number of halogens is 1. The normalized spacial score (nSPS) is 16.1. The van der Waals surface area contributed by atoms with Crippen molar-refractivity contribution in [1.29, 1.82) is 0 Å². The maximum absolute atomic E-state index is 11.9. The molecule has 2 N–H and O–H groups in total. The summed E-state index contributed by atoms with van der Waals surface area (Å²) < 4.78 is 25.4. The van der Waals surface area contributed by atoms with Gasteiger partial charge in [0.2, 0.25) is 10.0 Å². The average molecular weight is 557 g/mol. The van der Waals surface area contributed by atoms with Gasteiger partial charge in [0.25, 0.3) is 0 Å². The molecule has 0 unspecified atom stereocenters. The molecule has 0 radical (unpaired) electrons. The van der Waals surface area contributed by atoms with Crippen LogP contribution in [0, 0.1) is 0 Å². The minimum Gasteiger partial charge on any atom is -0.357 e. The molecule has 170 valence electrons. The molecule has 0 bridgehead atoms. The maximum Gasteiger partial charge on any atom is 0.214 e. The van der Waals surface area contributed by atoms with Crippen LogP contribution in [0.5, 0.6) is 0 Å². The highest BCUT2D eigenvalue weighted by atomic mass is 127. The van der Waals surface area contributed by atoms with Gasteiger partial charge in [-0.1, -0.05) is 60.7 Å². The molecular weight excluding hydrogens is 523 g/mol. The van der Waals surface area contributed by atoms with E-state index < -0.39 is 10.0 Å². The van der Waals surface area contributed by atoms with Crippen molar-refractivity contribution in [2.75, 3.05) is 38.5 Å². The lowest BCUT2D eigenvalue weighted by molar-refractivity contribution is 0.445. The molecule has 8 heteroatoms. The van der Waals surface area contributed by atoms with Crippen LogP contribution < -0.4 is 10.6 Å². The summed E-state index contributed by atoms with van der Waals surface area (Å²) in [5.41, 5.74) is 2.58. The SMILES string of the molecule is CCNC(=NCCC(c1ccccc1)c1ccccc1)NCCN1CCCS1(=O)=O.I. The smallest absolute Gasteiger partial charge is 0.214 e. The highest BCUT2D eigenvalue weighted by molar-refractivity contribution is 14.0. The highest BCUT2D eigenvalue weighted by Crippen LogP contribution is 2.27. The zero-order chi connectivity index (χ0) is 21.2. The predicted molar refractivity (Wildman–Crippen MR) is 139 cm³/mol. The zero-order valence-electron chi connectivity index (χ0n) is 18.0. The quantitative estimate of drug-likeness (QED) is 0.282. The Morgan fingerprint density at radius 3 is 2.16 bits per heavy atom. The van der Waals surface area contributed by atoms with Crippen LogP contribution in [0.2, 0.25) is 0 Å². The molecule has 1 heterocycles. The number of nitrogens with one attached hydrogen (secondary N) is 2. The minimum atomic E-state index is -3.05. The van der Waals surface area contributed by atoms with Crippen molar-refractivity contribution in [2.24, 2.45) is 4.99 Å². The van der Waals surface area contributed by atoms with E-state index in [0.29, 0.717) is 26.2 Å². The lowest BCUT2D eigenvalue weighted by atomic mass is 9.89. The fraction of sp³-hybridized carbons (Fsp3) is 0.435. The third-order valence-corrected chi connectivity index (χ3v) is 7.25. The topological polar surface area (TPSA) is 73.8 Å². The largest absolute Gasteiger partial charge is 0.357 e. The van der Waals surface area contributed by atoms with Gasteiger partial charge in [-0.2, -0.15) is 0 Å². The number of nitrogens with zero attached hydrogens (tertiary/aromatic N) is 2. The number of sulfonamides is 1. The fourth-order valence-corrected chi connectivity index (χ4v) is 5.31. The summed E-state index contributed by atoms with van der Waals surface area (Å²) in [6.07, 6.45) is 1.61. The van der Waals surface area contributed by atoms with Crippen molar-refractivity contribution in [3.63, 3.8) is 0 Å². The van der Waals surface area contributed by atoms with Crippen molar-refractivity contribution in [3.8, 4) is 0 Å². The standard InChI is InChI=1S/C23H32N4O2S.HI/c1-2-24-23(26-16-18-27-17-9-19-30(27,28)29)25-15-14-22(20-10-5-3-6-11-20)21-12-7-4-8-13-21;/h3-8,10-13,22H,2,9,14-19H2,1H3,(H2,24,25,26);1H. The van der Waals surface area contributed by atoms with Crippen molar-refractivity contribution < 1.29 is 8.42 Å². The van der Waals surface area contributed by atoms with Crippen LogP contribution in [-0.4, -0.2) is 57.2 Å². The van der Waals surface area contributed by atoms with Gasteiger partial charge in [-0.25, -0.2) is 12.7 Å². The molecule has 1 aliphatic heterocycles. The molecule has 2 aromatic carbocycles. The molecule has 1 fully saturated rings. The lowest BCUT2D eigenvalue weighted by Gasteiger charge is -2.18. The van der Waals surface area contributed by atoms with Crippen LogP contribution >= 0.6 is 24.0 Å². The molecule has 0 amide bonds. The maximum atomic E-state index is 11.9. The van der Waals surface area contributed by atoms with Crippen molar-refractivity contribution in [3.05, 3.63) is 71.8 Å². The van der Waals surface area contributed by atoms with Gasteiger partial charge >= 0.3 is 0 Å². The number of benzene rings is 2. The van der Waals surface area contributed by atoms with Crippen LogP contribution in [0.25, 0.3) is 0 Å². The van der Waals surface area contributed by atoms with Gasteiger partial charge in [-0.3, -0.25) is 4.99 Å². The first kappa shape index (κ1) is 25.6. The van der Waals surface area contributed by atoms with E-state index in [2.05, 4.69) is 59.2 Å². The van der Waals surface area contributed by atoms with Gasteiger partial charge < -0.3 is 10.6 Å². The Kier molecular flexibility index (Phi) is 10.8. The Labute approximate surface area is 203 Å². The monoisotopic (exact) mass is 556 g/mol. The van der Waals surface area contributed by atoms with Gasteiger partial charge in [0.05, 0.1) is 5.75 Å². The Morgan fingerprint density at radius 1 is 1.03 bits per heavy atom. The van der Waals surface area contributed by atoms with Crippen LogP contribution in [0.4, 0.5) is 0 Å². The molecule has 6 nitrogen and oxygen atoms in total. The number of hydrogen-bond donors (Lipinski definition) is 2. The van der Waals surface area contributed by atoms with Crippen LogP contribution in [0.15, 0.2) is 65.7 Å². The molecule has 3 rings (SSSR count). The molecule has 0 atom stereocenters. The Morgan fingerprint density at radius 2 is 1.65 bits per heavy atom. The first-order valence-corrected chi connectivity index (χ1v) is 12.3. The fourth-order valence-electron chi connectivity index (χ4n) is 3.79. The van der Waals surface area contributed by atoms with Gasteiger partial charge in [0, 0.05) is 38.6 Å². The van der Waals surface area contributed by atoms with Crippen molar-refractivity contribution in [2.45, 2.75) is 25.7 Å². The van der Waals surface area contributed by atoms with E-state index in [0.717, 1.165) is 25.3 Å². The van der Waals surface area contributed by atoms with E-state index in [-0.39, 0.29) is 35.6 Å². The number of aliphatic imine (C=N–C) groups is 1. The summed E-state index contributed by atoms with van der Waals surface area (Å²) in [5.74, 6) is 1.28. The second-order valence-electron chi connectivity index (χ2n) is 7.42. The van der Waals surface area contributed by atoms with E-state index in [9.17, 15) is 8.42 Å². The molecular formula is C23H33IN4O2S. The molecule has 0 aromatic heterocycles. The first-order valence-electron chi connectivity index (χ1n) is 10.7. The summed E-state index contributed by atoms with van der Waals surface area (Å²) in [6, 6.07) is 21.1. The Balaban J connectivity index is 0.00000341. The van der Waals surface area contributed by atoms with Crippen molar-refractivity contribution >= 4 is 40.0 Å². The Hall–Kier alpha value is -1.65. The molecule has 0 spiro atoms. The molecule has 0 aliphatic carbocycles. The summed E-state index contributed by atoms with van der Waals surface area (Å²) in [4.78, 5) is 4.73. The van der Waals surface area contributed by atoms with Gasteiger partial charge in [0.15, 0.2) is 5.96 Å². The van der Waals surface area contributed by atoms with E-state index in [1.165, 1.54) is 11.1 Å². The molecule has 31 heavy (non-hydrogen) atoms. The van der Waals surface area contributed by atoms with Crippen LogP contribution in [-0.2, 0) is 10.0 Å². The van der Waals surface area contributed by atoms with Gasteiger partial charge in [-0.05, 0) is 30.9 Å². The second-order valence-corrected chi connectivity index (χ2v) is 9.51. The molecule has 1 saturated heterocycles. The van der Waals surface area contributed by atoms with Crippen LogP contribution in [0.3, 0.4) is 0 Å². The van der Waals surface area contributed by atoms with E-state index in [4.69, 9.17) is 4.99 Å². The zero-order valence-corrected chi connectivity index (χ0v) is 21.2. The van der Waals surface area contributed by atoms with E-state index in [1.54, 1.807) is 4.31 Å². The summed E-state index contributed by atoms with van der Waals surface area (Å²) in [7, 11) is -3.05. The number of hydrogen-bond acceptors (Lipinski definition) is 3. The number of rotatable bonds is 9. The third-order valence-electron chi connectivity index (χ3n) is 5.29. The molecule has 1 aliphatic rings. The van der Waals surface area contributed by atoms with Gasteiger partial charge in [0.1, 0.15) is 0 Å². The second kappa shape index (κ2) is 13.0. The summed E-state index contributed by atoms with van der Waals surface area (Å²) in [6.45, 7) is 5.10. The minimum absolute atomic E-state index is 0. The van der Waals surface area contributed by atoms with E-state index >= 15 is 0 Å². The predicted octanol–water partition coefficient (Wildman–Crippen LogP) is 3.42. The lowest BCUT2D eigenvalue weighted by Crippen LogP contribution is -2.42. The highest BCUT2D eigenvalue weighted by Gasteiger charge is 2.27. The third kappa shape index (κ3) is 7.76. The first-order chi connectivity index (χ1) is 14.6.